The van der Waals surface area contributed by atoms with Crippen LogP contribution < -0.4 is 14.8 Å². The number of fused-ring (bicyclic) bond motifs is 1. The van der Waals surface area contributed by atoms with Gasteiger partial charge in [-0.05, 0) is 30.7 Å². The molecule has 2 heterocycles. The molecule has 126 valence electrons. The van der Waals surface area contributed by atoms with Crippen LogP contribution in [-0.2, 0) is 16.0 Å². The van der Waals surface area contributed by atoms with Gasteiger partial charge in [0.15, 0.2) is 11.5 Å². The number of carbonyl (C=O) groups is 1. The monoisotopic (exact) mass is 320 g/mol. The van der Waals surface area contributed by atoms with Crippen LogP contribution in [0, 0.1) is 0 Å². The third kappa shape index (κ3) is 4.36. The summed E-state index contributed by atoms with van der Waals surface area (Å²) in [7, 11) is 0. The predicted molar refractivity (Wildman–Crippen MR) is 85.7 cm³/mol. The number of likely N-dealkylation sites (N-methyl/N-ethyl adjacent to an activating group) is 1. The predicted octanol–water partition coefficient (Wildman–Crippen LogP) is 1.18. The Balaban J connectivity index is 1.39. The van der Waals surface area contributed by atoms with E-state index >= 15 is 0 Å². The first-order valence-electron chi connectivity index (χ1n) is 8.24. The number of morpholine rings is 1. The highest BCUT2D eigenvalue weighted by atomic mass is 16.7. The van der Waals surface area contributed by atoms with Gasteiger partial charge in [0, 0.05) is 19.6 Å². The van der Waals surface area contributed by atoms with E-state index in [9.17, 15) is 4.79 Å². The van der Waals surface area contributed by atoms with Crippen LogP contribution in [0.5, 0.6) is 11.5 Å². The van der Waals surface area contributed by atoms with E-state index in [1.54, 1.807) is 0 Å². The van der Waals surface area contributed by atoms with Gasteiger partial charge >= 0.3 is 0 Å². The molecule has 1 fully saturated rings. The minimum Gasteiger partial charge on any atom is -0.454 e. The molecule has 2 aliphatic heterocycles. The zero-order chi connectivity index (χ0) is 16.1. The number of benzene rings is 1. The average Bonchev–Trinajstić information content (AvgIpc) is 3.02. The molecule has 0 aliphatic carbocycles. The molecule has 0 unspecified atom stereocenters. The molecule has 0 aromatic heterocycles. The van der Waals surface area contributed by atoms with E-state index in [4.69, 9.17) is 14.2 Å². The van der Waals surface area contributed by atoms with Gasteiger partial charge in [-0.15, -0.1) is 0 Å². The second-order valence-corrected chi connectivity index (χ2v) is 5.89. The molecule has 6 heteroatoms. The average molecular weight is 320 g/mol. The van der Waals surface area contributed by atoms with Gasteiger partial charge in [0.2, 0.25) is 12.7 Å². The Hall–Kier alpha value is -1.79. The van der Waals surface area contributed by atoms with Crippen molar-refractivity contribution in [2.75, 3.05) is 39.6 Å². The molecule has 3 rings (SSSR count). The zero-order valence-corrected chi connectivity index (χ0v) is 13.5. The van der Waals surface area contributed by atoms with E-state index in [1.165, 1.54) is 0 Å². The normalized spacial score (nSPS) is 20.5. The number of hydrogen-bond acceptors (Lipinski definition) is 5. The van der Waals surface area contributed by atoms with E-state index in [1.807, 2.05) is 18.2 Å². The Morgan fingerprint density at radius 2 is 2.22 bits per heavy atom. The molecule has 6 nitrogen and oxygen atoms in total. The Morgan fingerprint density at radius 3 is 3.09 bits per heavy atom. The number of nitrogens with zero attached hydrogens (tertiary/aromatic N) is 1. The fourth-order valence-corrected chi connectivity index (χ4v) is 2.91. The van der Waals surface area contributed by atoms with Crippen molar-refractivity contribution < 1.29 is 19.0 Å². The quantitative estimate of drug-likeness (QED) is 0.853. The maximum Gasteiger partial charge on any atom is 0.231 e. The highest BCUT2D eigenvalue weighted by Crippen LogP contribution is 2.32. The maximum atomic E-state index is 12.0. The van der Waals surface area contributed by atoms with Crippen LogP contribution in [0.25, 0.3) is 0 Å². The summed E-state index contributed by atoms with van der Waals surface area (Å²) < 4.78 is 16.3. The molecule has 23 heavy (non-hydrogen) atoms. The van der Waals surface area contributed by atoms with E-state index < -0.39 is 0 Å². The summed E-state index contributed by atoms with van der Waals surface area (Å²) in [5, 5.41) is 2.97. The lowest BCUT2D eigenvalue weighted by Crippen LogP contribution is -2.43. The maximum absolute atomic E-state index is 12.0. The standard InChI is InChI=1S/C17H24N2O4/c1-2-19-7-8-21-14(11-19)5-6-18-17(20)10-13-3-4-15-16(9-13)23-12-22-15/h3-4,9,14H,2,5-8,10-12H2,1H3,(H,18,20)/t14-/m0/s1. The van der Waals surface area contributed by atoms with Crippen molar-refractivity contribution in [1.29, 1.82) is 0 Å². The van der Waals surface area contributed by atoms with E-state index in [0.717, 1.165) is 44.0 Å². The first-order valence-corrected chi connectivity index (χ1v) is 8.24. The fourth-order valence-electron chi connectivity index (χ4n) is 2.91. The summed E-state index contributed by atoms with van der Waals surface area (Å²) in [5.41, 5.74) is 0.929. The minimum atomic E-state index is 0.0204. The molecule has 1 aromatic carbocycles. The Kier molecular flexibility index (Phi) is 5.35. The van der Waals surface area contributed by atoms with Gasteiger partial charge in [0.25, 0.3) is 0 Å². The SMILES string of the molecule is CCN1CCO[C@@H](CCNC(=O)Cc2ccc3c(c2)OCO3)C1. The van der Waals surface area contributed by atoms with Gasteiger partial charge in [-0.25, -0.2) is 0 Å². The van der Waals surface area contributed by atoms with Gasteiger partial charge in [0.1, 0.15) is 0 Å². The first kappa shape index (κ1) is 16.1. The number of rotatable bonds is 6. The largest absolute Gasteiger partial charge is 0.454 e. The lowest BCUT2D eigenvalue weighted by molar-refractivity contribution is -0.120. The smallest absolute Gasteiger partial charge is 0.231 e. The van der Waals surface area contributed by atoms with E-state index in [2.05, 4.69) is 17.1 Å². The van der Waals surface area contributed by atoms with Crippen molar-refractivity contribution in [2.24, 2.45) is 0 Å². The lowest BCUT2D eigenvalue weighted by atomic mass is 10.1. The van der Waals surface area contributed by atoms with Gasteiger partial charge < -0.3 is 19.5 Å². The van der Waals surface area contributed by atoms with Crippen molar-refractivity contribution >= 4 is 5.91 Å². The summed E-state index contributed by atoms with van der Waals surface area (Å²) >= 11 is 0. The molecular formula is C17H24N2O4. The summed E-state index contributed by atoms with van der Waals surface area (Å²) in [6.45, 7) is 6.85. The number of ether oxygens (including phenoxy) is 3. The van der Waals surface area contributed by atoms with Gasteiger partial charge in [0.05, 0.1) is 19.1 Å². The fraction of sp³-hybridized carbons (Fsp3) is 0.588. The van der Waals surface area contributed by atoms with Crippen LogP contribution in [0.4, 0.5) is 0 Å². The summed E-state index contributed by atoms with van der Waals surface area (Å²) in [4.78, 5) is 14.4. The molecule has 1 amide bonds. The van der Waals surface area contributed by atoms with Crippen molar-refractivity contribution in [3.05, 3.63) is 23.8 Å². The molecule has 0 spiro atoms. The van der Waals surface area contributed by atoms with Crippen LogP contribution in [0.2, 0.25) is 0 Å². The number of hydrogen-bond donors (Lipinski definition) is 1. The number of nitrogens with one attached hydrogen (secondary N) is 1. The summed E-state index contributed by atoms with van der Waals surface area (Å²) in [5.74, 6) is 1.47. The molecule has 1 N–H and O–H groups in total. The van der Waals surface area contributed by atoms with Crippen molar-refractivity contribution in [2.45, 2.75) is 25.9 Å². The molecular weight excluding hydrogens is 296 g/mol. The van der Waals surface area contributed by atoms with Crippen molar-refractivity contribution in [1.82, 2.24) is 10.2 Å². The topological polar surface area (TPSA) is 60.0 Å². The Morgan fingerprint density at radius 1 is 1.35 bits per heavy atom. The van der Waals surface area contributed by atoms with Crippen LogP contribution in [0.1, 0.15) is 18.9 Å². The Labute approximate surface area is 136 Å². The number of amides is 1. The highest BCUT2D eigenvalue weighted by molar-refractivity contribution is 5.78. The molecule has 1 aromatic rings. The van der Waals surface area contributed by atoms with Gasteiger partial charge in [-0.3, -0.25) is 9.69 Å². The highest BCUT2D eigenvalue weighted by Gasteiger charge is 2.19. The molecule has 0 saturated carbocycles. The van der Waals surface area contributed by atoms with Gasteiger partial charge in [-0.1, -0.05) is 13.0 Å². The lowest BCUT2D eigenvalue weighted by Gasteiger charge is -2.32. The van der Waals surface area contributed by atoms with E-state index in [0.29, 0.717) is 18.7 Å². The second-order valence-electron chi connectivity index (χ2n) is 5.89. The van der Waals surface area contributed by atoms with Crippen LogP contribution in [0.15, 0.2) is 18.2 Å². The molecule has 1 atom stereocenters. The third-order valence-corrected chi connectivity index (χ3v) is 4.26. The Bertz CT molecular complexity index is 549. The zero-order valence-electron chi connectivity index (χ0n) is 13.5. The van der Waals surface area contributed by atoms with E-state index in [-0.39, 0.29) is 18.8 Å². The molecule has 0 radical (unpaired) electrons. The van der Waals surface area contributed by atoms with Crippen LogP contribution in [-0.4, -0.2) is 56.5 Å². The third-order valence-electron chi connectivity index (χ3n) is 4.26. The summed E-state index contributed by atoms with van der Waals surface area (Å²) in [6.07, 6.45) is 1.42. The molecule has 1 saturated heterocycles. The van der Waals surface area contributed by atoms with Crippen LogP contribution >= 0.6 is 0 Å². The minimum absolute atomic E-state index is 0.0204. The van der Waals surface area contributed by atoms with Crippen LogP contribution in [0.3, 0.4) is 0 Å². The van der Waals surface area contributed by atoms with Crippen molar-refractivity contribution in [3.8, 4) is 11.5 Å². The molecule has 2 aliphatic rings. The first-order chi connectivity index (χ1) is 11.2. The van der Waals surface area contributed by atoms with Gasteiger partial charge in [-0.2, -0.15) is 0 Å². The second kappa shape index (κ2) is 7.66. The summed E-state index contributed by atoms with van der Waals surface area (Å²) in [6, 6.07) is 5.61. The molecule has 0 bridgehead atoms. The number of carbonyl (C=O) groups excluding carboxylic acids is 1. The van der Waals surface area contributed by atoms with Crippen molar-refractivity contribution in [3.63, 3.8) is 0 Å².